The Morgan fingerprint density at radius 1 is 0.806 bits per heavy atom. The molecule has 194 valence electrons. The third kappa shape index (κ3) is 9.50. The number of benzene rings is 2. The van der Waals surface area contributed by atoms with Crippen LogP contribution in [0.4, 0.5) is 0 Å². The number of nitrogens with zero attached hydrogens (tertiary/aromatic N) is 1. The summed E-state index contributed by atoms with van der Waals surface area (Å²) in [4.78, 5) is 49.8. The van der Waals surface area contributed by atoms with Gasteiger partial charge >= 0.3 is 5.97 Å². The van der Waals surface area contributed by atoms with Gasteiger partial charge in [-0.05, 0) is 29.9 Å². The minimum Gasteiger partial charge on any atom is -0.480 e. The van der Waals surface area contributed by atoms with E-state index < -0.39 is 41.7 Å². The van der Waals surface area contributed by atoms with E-state index in [2.05, 4.69) is 10.6 Å². The molecular formula is C27H35N3O6. The minimum absolute atomic E-state index is 0.0255. The van der Waals surface area contributed by atoms with Crippen LogP contribution in [0.25, 0.3) is 0 Å². The topological polar surface area (TPSA) is 136 Å². The highest BCUT2D eigenvalue weighted by Gasteiger charge is 2.30. The van der Waals surface area contributed by atoms with Gasteiger partial charge in [-0.3, -0.25) is 19.6 Å². The van der Waals surface area contributed by atoms with E-state index in [1.54, 1.807) is 24.3 Å². The highest BCUT2D eigenvalue weighted by molar-refractivity contribution is 5.91. The quantitative estimate of drug-likeness (QED) is 0.248. The van der Waals surface area contributed by atoms with E-state index in [1.807, 2.05) is 50.2 Å². The average molecular weight is 498 g/mol. The van der Waals surface area contributed by atoms with Gasteiger partial charge in [0.25, 0.3) is 0 Å². The van der Waals surface area contributed by atoms with E-state index in [9.17, 15) is 29.5 Å². The minimum atomic E-state index is -1.18. The summed E-state index contributed by atoms with van der Waals surface area (Å²) >= 11 is 0. The van der Waals surface area contributed by atoms with Crippen molar-refractivity contribution >= 4 is 23.7 Å². The van der Waals surface area contributed by atoms with Crippen molar-refractivity contribution in [3.05, 3.63) is 71.8 Å². The Hall–Kier alpha value is -3.72. The number of hydroxylamine groups is 2. The number of carboxylic acids is 1. The van der Waals surface area contributed by atoms with Crippen molar-refractivity contribution < 1.29 is 29.5 Å². The average Bonchev–Trinajstić information content (AvgIpc) is 2.83. The molecule has 2 aromatic rings. The fourth-order valence-electron chi connectivity index (χ4n) is 3.79. The number of carbonyl (C=O) groups excluding carboxylic acids is 3. The van der Waals surface area contributed by atoms with Crippen LogP contribution in [0.5, 0.6) is 0 Å². The molecule has 0 saturated heterocycles. The lowest BCUT2D eigenvalue weighted by Crippen LogP contribution is -2.54. The Morgan fingerprint density at radius 3 is 1.78 bits per heavy atom. The highest BCUT2D eigenvalue weighted by atomic mass is 16.5. The Balaban J connectivity index is 2.19. The summed E-state index contributed by atoms with van der Waals surface area (Å²) in [6.45, 7) is 4.71. The Bertz CT molecular complexity index is 1010. The molecule has 2 aromatic carbocycles. The van der Waals surface area contributed by atoms with Gasteiger partial charge < -0.3 is 15.7 Å². The second kappa shape index (κ2) is 14.0. The molecule has 0 spiro atoms. The molecule has 0 saturated carbocycles. The molecule has 2 rings (SSSR count). The van der Waals surface area contributed by atoms with Gasteiger partial charge in [0.1, 0.15) is 12.1 Å². The highest BCUT2D eigenvalue weighted by Crippen LogP contribution is 2.13. The first-order chi connectivity index (χ1) is 17.1. The molecule has 0 aliphatic rings. The Labute approximate surface area is 211 Å². The summed E-state index contributed by atoms with van der Waals surface area (Å²) in [5, 5.41) is 25.4. The van der Waals surface area contributed by atoms with Crippen molar-refractivity contribution in [2.24, 2.45) is 11.8 Å². The smallest absolute Gasteiger partial charge is 0.326 e. The number of hydrogen-bond acceptors (Lipinski definition) is 5. The van der Waals surface area contributed by atoms with Crippen LogP contribution < -0.4 is 10.6 Å². The van der Waals surface area contributed by atoms with Gasteiger partial charge in [0.15, 0.2) is 0 Å². The van der Waals surface area contributed by atoms with Crippen LogP contribution in [0.1, 0.15) is 38.3 Å². The van der Waals surface area contributed by atoms with Crippen molar-refractivity contribution in [3.8, 4) is 0 Å². The predicted molar refractivity (Wildman–Crippen MR) is 134 cm³/mol. The molecule has 9 heteroatoms. The summed E-state index contributed by atoms with van der Waals surface area (Å²) in [5.41, 5.74) is 1.58. The maximum atomic E-state index is 13.3. The van der Waals surface area contributed by atoms with Crippen molar-refractivity contribution in [2.45, 2.75) is 52.1 Å². The summed E-state index contributed by atoms with van der Waals surface area (Å²) in [6.07, 6.45) is 0.612. The van der Waals surface area contributed by atoms with Crippen LogP contribution in [-0.4, -0.2) is 57.7 Å². The van der Waals surface area contributed by atoms with Crippen LogP contribution in [0.15, 0.2) is 60.7 Å². The van der Waals surface area contributed by atoms with Crippen molar-refractivity contribution in [2.75, 3.05) is 6.54 Å². The summed E-state index contributed by atoms with van der Waals surface area (Å²) in [7, 11) is 0. The number of hydrogen-bond donors (Lipinski definition) is 4. The molecule has 0 heterocycles. The van der Waals surface area contributed by atoms with Gasteiger partial charge in [-0.15, -0.1) is 0 Å². The van der Waals surface area contributed by atoms with E-state index in [0.717, 1.165) is 11.1 Å². The van der Waals surface area contributed by atoms with Crippen molar-refractivity contribution in [1.82, 2.24) is 15.7 Å². The second-order valence-electron chi connectivity index (χ2n) is 9.27. The zero-order valence-corrected chi connectivity index (χ0v) is 20.9. The van der Waals surface area contributed by atoms with E-state index >= 15 is 0 Å². The molecule has 0 aliphatic carbocycles. The van der Waals surface area contributed by atoms with E-state index in [4.69, 9.17) is 0 Å². The summed E-state index contributed by atoms with van der Waals surface area (Å²) in [6, 6.07) is 15.9. The zero-order valence-electron chi connectivity index (χ0n) is 20.9. The predicted octanol–water partition coefficient (Wildman–Crippen LogP) is 2.43. The fourth-order valence-corrected chi connectivity index (χ4v) is 3.79. The number of carboxylic acid groups (broad SMARTS) is 1. The molecule has 9 nitrogen and oxygen atoms in total. The molecule has 4 N–H and O–H groups in total. The first-order valence-electron chi connectivity index (χ1n) is 11.9. The maximum Gasteiger partial charge on any atom is 0.326 e. The number of nitrogens with one attached hydrogen (secondary N) is 2. The molecule has 0 radical (unpaired) electrons. The van der Waals surface area contributed by atoms with Crippen LogP contribution in [0.2, 0.25) is 0 Å². The molecule has 0 aromatic heterocycles. The summed E-state index contributed by atoms with van der Waals surface area (Å²) in [5.74, 6) is -3.72. The first-order valence-corrected chi connectivity index (χ1v) is 11.9. The van der Waals surface area contributed by atoms with Gasteiger partial charge in [0.05, 0.1) is 12.5 Å². The molecule has 3 atom stereocenters. The molecule has 0 unspecified atom stereocenters. The number of rotatable bonds is 13. The van der Waals surface area contributed by atoms with E-state index in [1.165, 1.54) is 6.92 Å². The maximum absolute atomic E-state index is 13.3. The van der Waals surface area contributed by atoms with Crippen molar-refractivity contribution in [1.29, 1.82) is 0 Å². The lowest BCUT2D eigenvalue weighted by atomic mass is 9.96. The first kappa shape index (κ1) is 28.5. The SMILES string of the molecule is CC(=O)N(O)C[C@H](Cc1ccccc1)C(=O)N[C@@H](CC(C)C)C(=O)N[C@@H](Cc1ccccc1)C(=O)O. The van der Waals surface area contributed by atoms with Gasteiger partial charge in [0.2, 0.25) is 17.7 Å². The normalized spacial score (nSPS) is 13.4. The second-order valence-corrected chi connectivity index (χ2v) is 9.27. The standard InChI is InChI=1S/C27H35N3O6/c1-18(2)14-23(26(33)29-24(27(34)35)16-21-12-8-5-9-13-21)28-25(32)22(17-30(36)19(3)31)15-20-10-6-4-7-11-20/h4-13,18,22-24,36H,14-17H2,1-3H3,(H,28,32)(H,29,33)(H,34,35)/t22-,23-,24-/m0/s1. The molecule has 36 heavy (non-hydrogen) atoms. The molecule has 3 amide bonds. The summed E-state index contributed by atoms with van der Waals surface area (Å²) < 4.78 is 0. The van der Waals surface area contributed by atoms with Gasteiger partial charge in [-0.25, -0.2) is 9.86 Å². The largest absolute Gasteiger partial charge is 0.480 e. The van der Waals surface area contributed by atoms with Crippen LogP contribution in [-0.2, 0) is 32.0 Å². The third-order valence-electron chi connectivity index (χ3n) is 5.69. The number of aliphatic carboxylic acids is 1. The lowest BCUT2D eigenvalue weighted by molar-refractivity contribution is -0.166. The molecule has 0 bridgehead atoms. The van der Waals surface area contributed by atoms with Gasteiger partial charge in [0, 0.05) is 13.3 Å². The molecule has 0 fully saturated rings. The van der Waals surface area contributed by atoms with Crippen molar-refractivity contribution in [3.63, 3.8) is 0 Å². The van der Waals surface area contributed by atoms with E-state index in [0.29, 0.717) is 5.06 Å². The van der Waals surface area contributed by atoms with Crippen LogP contribution in [0, 0.1) is 11.8 Å². The third-order valence-corrected chi connectivity index (χ3v) is 5.69. The van der Waals surface area contributed by atoms with Gasteiger partial charge in [-0.2, -0.15) is 0 Å². The lowest BCUT2D eigenvalue weighted by Gasteiger charge is -2.26. The number of amides is 3. The Kier molecular flexibility index (Phi) is 11.1. The number of carbonyl (C=O) groups is 4. The monoisotopic (exact) mass is 497 g/mol. The van der Waals surface area contributed by atoms with Crippen LogP contribution in [0.3, 0.4) is 0 Å². The van der Waals surface area contributed by atoms with E-state index in [-0.39, 0.29) is 31.7 Å². The fraction of sp³-hybridized carbons (Fsp3) is 0.407. The van der Waals surface area contributed by atoms with Gasteiger partial charge in [-0.1, -0.05) is 74.5 Å². The molecule has 0 aliphatic heterocycles. The zero-order chi connectivity index (χ0) is 26.7. The molecular weight excluding hydrogens is 462 g/mol. The Morgan fingerprint density at radius 2 is 1.31 bits per heavy atom. The van der Waals surface area contributed by atoms with Crippen LogP contribution >= 0.6 is 0 Å².